The topological polar surface area (TPSA) is 50.4 Å². The molecule has 5 rings (SSSR count). The van der Waals surface area contributed by atoms with Gasteiger partial charge < -0.3 is 11.1 Å². The molecular formula is C28H23N3. The van der Waals surface area contributed by atoms with Crippen LogP contribution in [-0.4, -0.2) is 12.0 Å². The zero-order valence-electron chi connectivity index (χ0n) is 17.1. The fourth-order valence-corrected chi connectivity index (χ4v) is 3.91. The zero-order chi connectivity index (χ0) is 21.0. The van der Waals surface area contributed by atoms with Gasteiger partial charge in [0.05, 0.1) is 11.9 Å². The summed E-state index contributed by atoms with van der Waals surface area (Å²) in [6.45, 7) is 0. The molecule has 0 radical (unpaired) electrons. The van der Waals surface area contributed by atoms with Crippen molar-refractivity contribution in [3.63, 3.8) is 0 Å². The summed E-state index contributed by atoms with van der Waals surface area (Å²) in [5, 5.41) is 3.27. The van der Waals surface area contributed by atoms with Crippen molar-refractivity contribution in [3.8, 4) is 22.3 Å². The Morgan fingerprint density at radius 3 is 1.90 bits per heavy atom. The lowest BCUT2D eigenvalue weighted by Gasteiger charge is -2.22. The number of nitrogens with two attached hydrogens (primary N) is 1. The molecule has 1 unspecified atom stereocenters. The summed E-state index contributed by atoms with van der Waals surface area (Å²) >= 11 is 0. The quantitative estimate of drug-likeness (QED) is 0.461. The van der Waals surface area contributed by atoms with Gasteiger partial charge in [-0.3, -0.25) is 0 Å². The maximum absolute atomic E-state index is 6.31. The molecule has 150 valence electrons. The SMILES string of the molecule is NC1C=C(c2ccccc2-c2cccc(-c3ccccc3)c2)N=C(c2ccccc2)N1. The minimum atomic E-state index is -0.300. The Kier molecular flexibility index (Phi) is 5.17. The molecule has 3 nitrogen and oxygen atoms in total. The summed E-state index contributed by atoms with van der Waals surface area (Å²) in [6.07, 6.45) is 1.68. The molecule has 1 aliphatic rings. The molecule has 1 aliphatic heterocycles. The molecule has 0 saturated carbocycles. The van der Waals surface area contributed by atoms with Crippen LogP contribution in [0.25, 0.3) is 28.0 Å². The Bertz CT molecular complexity index is 1260. The van der Waals surface area contributed by atoms with Gasteiger partial charge in [-0.15, -0.1) is 0 Å². The lowest BCUT2D eigenvalue weighted by molar-refractivity contribution is 0.759. The van der Waals surface area contributed by atoms with Crippen molar-refractivity contribution in [2.24, 2.45) is 10.7 Å². The first-order valence-corrected chi connectivity index (χ1v) is 10.4. The smallest absolute Gasteiger partial charge is 0.135 e. The van der Waals surface area contributed by atoms with Crippen molar-refractivity contribution in [1.82, 2.24) is 5.32 Å². The molecule has 0 saturated heterocycles. The van der Waals surface area contributed by atoms with E-state index in [1.54, 1.807) is 0 Å². The van der Waals surface area contributed by atoms with E-state index in [1.807, 2.05) is 48.5 Å². The van der Waals surface area contributed by atoms with Gasteiger partial charge in [-0.25, -0.2) is 4.99 Å². The fraction of sp³-hybridized carbons (Fsp3) is 0.0357. The molecule has 31 heavy (non-hydrogen) atoms. The number of nitrogens with one attached hydrogen (secondary N) is 1. The van der Waals surface area contributed by atoms with Crippen LogP contribution in [0.3, 0.4) is 0 Å². The minimum Gasteiger partial charge on any atom is -0.351 e. The standard InChI is InChI=1S/C28H23N3/c29-27-19-26(30-28(31-27)21-12-5-2-6-13-21)25-17-8-7-16-24(25)23-15-9-14-22(18-23)20-10-3-1-4-11-20/h1-19,27H,29H2,(H,30,31). The van der Waals surface area contributed by atoms with E-state index in [2.05, 4.69) is 72.0 Å². The number of hydrogen-bond donors (Lipinski definition) is 2. The van der Waals surface area contributed by atoms with Crippen molar-refractivity contribution >= 4 is 11.5 Å². The highest BCUT2D eigenvalue weighted by Crippen LogP contribution is 2.33. The van der Waals surface area contributed by atoms with E-state index in [0.717, 1.165) is 33.8 Å². The van der Waals surface area contributed by atoms with Gasteiger partial charge in [0.1, 0.15) is 5.84 Å². The lowest BCUT2D eigenvalue weighted by atomic mass is 9.94. The first-order chi connectivity index (χ1) is 15.3. The van der Waals surface area contributed by atoms with Gasteiger partial charge >= 0.3 is 0 Å². The molecule has 4 aromatic carbocycles. The minimum absolute atomic E-state index is 0.300. The van der Waals surface area contributed by atoms with Gasteiger partial charge in [0, 0.05) is 11.1 Å². The highest BCUT2D eigenvalue weighted by Gasteiger charge is 2.17. The second-order valence-corrected chi connectivity index (χ2v) is 7.54. The van der Waals surface area contributed by atoms with Crippen LogP contribution in [-0.2, 0) is 0 Å². The van der Waals surface area contributed by atoms with Crippen LogP contribution in [0, 0.1) is 0 Å². The Morgan fingerprint density at radius 2 is 1.16 bits per heavy atom. The third-order valence-corrected chi connectivity index (χ3v) is 5.40. The molecule has 3 heteroatoms. The largest absolute Gasteiger partial charge is 0.351 e. The Hall–Kier alpha value is -3.95. The summed E-state index contributed by atoms with van der Waals surface area (Å²) in [6, 6.07) is 37.5. The van der Waals surface area contributed by atoms with Crippen molar-refractivity contribution in [1.29, 1.82) is 0 Å². The lowest BCUT2D eigenvalue weighted by Crippen LogP contribution is -2.42. The van der Waals surface area contributed by atoms with Gasteiger partial charge in [0.25, 0.3) is 0 Å². The Morgan fingerprint density at radius 1 is 0.581 bits per heavy atom. The van der Waals surface area contributed by atoms with Crippen LogP contribution >= 0.6 is 0 Å². The summed E-state index contributed by atoms with van der Waals surface area (Å²) in [7, 11) is 0. The maximum Gasteiger partial charge on any atom is 0.135 e. The normalized spacial score (nSPS) is 15.6. The average Bonchev–Trinajstić information content (AvgIpc) is 2.85. The van der Waals surface area contributed by atoms with Gasteiger partial charge in [-0.2, -0.15) is 0 Å². The van der Waals surface area contributed by atoms with E-state index < -0.39 is 0 Å². The molecule has 0 bridgehead atoms. The summed E-state index contributed by atoms with van der Waals surface area (Å²) in [4.78, 5) is 4.93. The third kappa shape index (κ3) is 4.04. The van der Waals surface area contributed by atoms with Crippen LogP contribution < -0.4 is 11.1 Å². The summed E-state index contributed by atoms with van der Waals surface area (Å²) in [5.41, 5.74) is 14.0. The van der Waals surface area contributed by atoms with Crippen LogP contribution in [0.2, 0.25) is 0 Å². The highest BCUT2D eigenvalue weighted by molar-refractivity contribution is 6.04. The average molecular weight is 402 g/mol. The predicted molar refractivity (Wildman–Crippen MR) is 129 cm³/mol. The molecule has 0 amide bonds. The zero-order valence-corrected chi connectivity index (χ0v) is 17.1. The number of aliphatic imine (C=N–C) groups is 1. The van der Waals surface area contributed by atoms with E-state index >= 15 is 0 Å². The summed E-state index contributed by atoms with van der Waals surface area (Å²) < 4.78 is 0. The van der Waals surface area contributed by atoms with Gasteiger partial charge in [0.2, 0.25) is 0 Å². The Balaban J connectivity index is 1.58. The first-order valence-electron chi connectivity index (χ1n) is 10.4. The van der Waals surface area contributed by atoms with E-state index in [4.69, 9.17) is 10.7 Å². The molecule has 3 N–H and O–H groups in total. The van der Waals surface area contributed by atoms with Gasteiger partial charge in [-0.05, 0) is 34.4 Å². The number of benzene rings is 4. The first kappa shape index (κ1) is 19.0. The molecule has 4 aromatic rings. The Labute approximate surface area is 182 Å². The van der Waals surface area contributed by atoms with Crippen LogP contribution in [0.1, 0.15) is 11.1 Å². The van der Waals surface area contributed by atoms with E-state index in [9.17, 15) is 0 Å². The number of rotatable bonds is 4. The second-order valence-electron chi connectivity index (χ2n) is 7.54. The van der Waals surface area contributed by atoms with E-state index in [1.165, 1.54) is 11.1 Å². The molecular weight excluding hydrogens is 378 g/mol. The van der Waals surface area contributed by atoms with Crippen LogP contribution in [0.5, 0.6) is 0 Å². The number of amidine groups is 1. The number of nitrogens with zero attached hydrogens (tertiary/aromatic N) is 1. The monoisotopic (exact) mass is 401 g/mol. The molecule has 1 atom stereocenters. The van der Waals surface area contributed by atoms with Crippen LogP contribution in [0.4, 0.5) is 0 Å². The van der Waals surface area contributed by atoms with Crippen molar-refractivity contribution in [3.05, 3.63) is 126 Å². The molecule has 0 spiro atoms. The van der Waals surface area contributed by atoms with Crippen molar-refractivity contribution in [2.45, 2.75) is 6.17 Å². The van der Waals surface area contributed by atoms with Gasteiger partial charge in [0.15, 0.2) is 0 Å². The highest BCUT2D eigenvalue weighted by atomic mass is 15.1. The van der Waals surface area contributed by atoms with Crippen LogP contribution in [0.15, 0.2) is 120 Å². The fourth-order valence-electron chi connectivity index (χ4n) is 3.91. The molecule has 1 heterocycles. The molecule has 0 fully saturated rings. The molecule has 0 aromatic heterocycles. The van der Waals surface area contributed by atoms with E-state index in [-0.39, 0.29) is 6.17 Å². The summed E-state index contributed by atoms with van der Waals surface area (Å²) in [5.74, 6) is 0.790. The maximum atomic E-state index is 6.31. The van der Waals surface area contributed by atoms with Crippen molar-refractivity contribution in [2.75, 3.05) is 0 Å². The predicted octanol–water partition coefficient (Wildman–Crippen LogP) is 5.70. The van der Waals surface area contributed by atoms with Gasteiger partial charge in [-0.1, -0.05) is 103 Å². The number of hydrogen-bond acceptors (Lipinski definition) is 3. The molecule has 0 aliphatic carbocycles. The third-order valence-electron chi connectivity index (χ3n) is 5.40. The second kappa shape index (κ2) is 8.42. The van der Waals surface area contributed by atoms with E-state index in [0.29, 0.717) is 0 Å². The van der Waals surface area contributed by atoms with Crippen molar-refractivity contribution < 1.29 is 0 Å².